The van der Waals surface area contributed by atoms with Crippen molar-refractivity contribution in [3.63, 3.8) is 0 Å². The van der Waals surface area contributed by atoms with E-state index in [2.05, 4.69) is 6.92 Å². The van der Waals surface area contributed by atoms with Crippen LogP contribution < -0.4 is 4.90 Å². The van der Waals surface area contributed by atoms with Crippen molar-refractivity contribution in [1.29, 1.82) is 0 Å². The van der Waals surface area contributed by atoms with Crippen LogP contribution in [0.1, 0.15) is 23.7 Å². The van der Waals surface area contributed by atoms with Crippen molar-refractivity contribution in [2.24, 2.45) is 11.8 Å². The molecule has 0 aliphatic heterocycles. The fraction of sp³-hybridized carbons (Fsp3) is 0.462. The van der Waals surface area contributed by atoms with E-state index in [1.165, 1.54) is 12.1 Å². The molecule has 0 radical (unpaired) electrons. The molecule has 6 nitrogen and oxygen atoms in total. The average molecular weight is 264 g/mol. The molecule has 0 heterocycles. The monoisotopic (exact) mass is 264 g/mol. The smallest absolute Gasteiger partial charge is 0.335 e. The number of aromatic carboxylic acids is 1. The highest BCUT2D eigenvalue weighted by molar-refractivity contribution is 5.89. The van der Waals surface area contributed by atoms with Crippen LogP contribution >= 0.6 is 0 Å². The molecule has 6 heteroatoms. The van der Waals surface area contributed by atoms with Gasteiger partial charge in [-0.1, -0.05) is 6.92 Å². The van der Waals surface area contributed by atoms with E-state index in [1.807, 2.05) is 4.90 Å². The molecule has 1 aromatic carbocycles. The van der Waals surface area contributed by atoms with Crippen LogP contribution in [-0.4, -0.2) is 29.6 Å². The first kappa shape index (κ1) is 13.3. The Labute approximate surface area is 110 Å². The number of carboxylic acid groups (broad SMARTS) is 1. The van der Waals surface area contributed by atoms with Gasteiger partial charge in [-0.15, -0.1) is 0 Å². The third kappa shape index (κ3) is 2.83. The molecule has 0 bridgehead atoms. The quantitative estimate of drug-likeness (QED) is 0.652. The van der Waals surface area contributed by atoms with Gasteiger partial charge in [-0.3, -0.25) is 10.1 Å². The maximum atomic E-state index is 11.1. The lowest BCUT2D eigenvalue weighted by Crippen LogP contribution is -2.21. The van der Waals surface area contributed by atoms with Gasteiger partial charge in [-0.2, -0.15) is 0 Å². The SMILES string of the molecule is CC1CC1CN(C)c1ccc(C(=O)O)cc1[N+](=O)[O-]. The second kappa shape index (κ2) is 4.87. The summed E-state index contributed by atoms with van der Waals surface area (Å²) in [4.78, 5) is 23.2. The Morgan fingerprint density at radius 1 is 1.58 bits per heavy atom. The molecule has 0 aromatic heterocycles. The lowest BCUT2D eigenvalue weighted by Gasteiger charge is -2.19. The van der Waals surface area contributed by atoms with E-state index in [0.717, 1.165) is 19.0 Å². The van der Waals surface area contributed by atoms with Gasteiger partial charge in [-0.25, -0.2) is 4.79 Å². The molecule has 2 atom stereocenters. The number of benzene rings is 1. The largest absolute Gasteiger partial charge is 0.478 e. The third-order valence-electron chi connectivity index (χ3n) is 3.61. The van der Waals surface area contributed by atoms with Gasteiger partial charge in [-0.05, 0) is 30.4 Å². The van der Waals surface area contributed by atoms with Crippen LogP contribution in [-0.2, 0) is 0 Å². The van der Waals surface area contributed by atoms with E-state index in [4.69, 9.17) is 5.11 Å². The molecule has 1 aromatic rings. The number of anilines is 1. The zero-order valence-electron chi connectivity index (χ0n) is 10.9. The van der Waals surface area contributed by atoms with Gasteiger partial charge in [0, 0.05) is 19.7 Å². The summed E-state index contributed by atoms with van der Waals surface area (Å²) in [5, 5.41) is 19.9. The highest BCUT2D eigenvalue weighted by Crippen LogP contribution is 2.39. The minimum Gasteiger partial charge on any atom is -0.478 e. The first-order valence-corrected chi connectivity index (χ1v) is 6.13. The lowest BCUT2D eigenvalue weighted by atomic mass is 10.1. The summed E-state index contributed by atoms with van der Waals surface area (Å²) >= 11 is 0. The van der Waals surface area contributed by atoms with Crippen LogP contribution in [0.4, 0.5) is 11.4 Å². The van der Waals surface area contributed by atoms with Gasteiger partial charge in [0.2, 0.25) is 0 Å². The maximum Gasteiger partial charge on any atom is 0.335 e. The van der Waals surface area contributed by atoms with Crippen molar-refractivity contribution in [3.8, 4) is 0 Å². The number of carbonyl (C=O) groups is 1. The van der Waals surface area contributed by atoms with E-state index in [-0.39, 0.29) is 11.3 Å². The van der Waals surface area contributed by atoms with Crippen molar-refractivity contribution < 1.29 is 14.8 Å². The zero-order chi connectivity index (χ0) is 14.2. The highest BCUT2D eigenvalue weighted by Gasteiger charge is 2.34. The average Bonchev–Trinajstić information content (AvgIpc) is 3.03. The Balaban J connectivity index is 2.27. The van der Waals surface area contributed by atoms with Crippen LogP contribution in [0.25, 0.3) is 0 Å². The minimum absolute atomic E-state index is 0.0661. The first-order chi connectivity index (χ1) is 8.90. The predicted molar refractivity (Wildman–Crippen MR) is 70.6 cm³/mol. The Bertz CT molecular complexity index is 529. The van der Waals surface area contributed by atoms with Gasteiger partial charge < -0.3 is 10.0 Å². The summed E-state index contributed by atoms with van der Waals surface area (Å²) < 4.78 is 0. The number of nitrogens with zero attached hydrogens (tertiary/aromatic N) is 2. The molecule has 1 aliphatic carbocycles. The molecule has 0 spiro atoms. The van der Waals surface area contributed by atoms with Crippen molar-refractivity contribution in [3.05, 3.63) is 33.9 Å². The summed E-state index contributed by atoms with van der Waals surface area (Å²) in [7, 11) is 1.80. The second-order valence-corrected chi connectivity index (χ2v) is 5.12. The van der Waals surface area contributed by atoms with E-state index >= 15 is 0 Å². The Kier molecular flexibility index (Phi) is 3.42. The number of hydrogen-bond donors (Lipinski definition) is 1. The Morgan fingerprint density at radius 2 is 2.21 bits per heavy atom. The van der Waals surface area contributed by atoms with Gasteiger partial charge in [0.1, 0.15) is 5.69 Å². The molecule has 2 rings (SSSR count). The van der Waals surface area contributed by atoms with E-state index in [0.29, 0.717) is 17.5 Å². The van der Waals surface area contributed by atoms with Crippen LogP contribution in [0.5, 0.6) is 0 Å². The Hall–Kier alpha value is -2.11. The zero-order valence-corrected chi connectivity index (χ0v) is 10.9. The molecular formula is C13H16N2O4. The third-order valence-corrected chi connectivity index (χ3v) is 3.61. The molecule has 102 valence electrons. The van der Waals surface area contributed by atoms with Gasteiger partial charge in [0.15, 0.2) is 0 Å². The molecule has 19 heavy (non-hydrogen) atoms. The summed E-state index contributed by atoms with van der Waals surface area (Å²) in [6.07, 6.45) is 1.14. The molecular weight excluding hydrogens is 248 g/mol. The van der Waals surface area contributed by atoms with Gasteiger partial charge in [0.25, 0.3) is 5.69 Å². The molecule has 0 amide bonds. The van der Waals surface area contributed by atoms with Crippen molar-refractivity contribution >= 4 is 17.3 Å². The van der Waals surface area contributed by atoms with Crippen molar-refractivity contribution in [2.45, 2.75) is 13.3 Å². The predicted octanol–water partition coefficient (Wildman–Crippen LogP) is 2.39. The van der Waals surface area contributed by atoms with E-state index in [1.54, 1.807) is 7.05 Å². The van der Waals surface area contributed by atoms with Crippen molar-refractivity contribution in [1.82, 2.24) is 0 Å². The van der Waals surface area contributed by atoms with Crippen LogP contribution in [0, 0.1) is 22.0 Å². The number of hydrogen-bond acceptors (Lipinski definition) is 4. The molecule has 1 N–H and O–H groups in total. The summed E-state index contributed by atoms with van der Waals surface area (Å²) in [5.41, 5.74) is 0.244. The fourth-order valence-corrected chi connectivity index (χ4v) is 2.23. The standard InChI is InChI=1S/C13H16N2O4/c1-8-5-10(8)7-14(2)11-4-3-9(13(16)17)6-12(11)15(18)19/h3-4,6,8,10H,5,7H2,1-2H3,(H,16,17). The molecule has 1 fully saturated rings. The van der Waals surface area contributed by atoms with E-state index < -0.39 is 10.9 Å². The summed E-state index contributed by atoms with van der Waals surface area (Å²) in [5.74, 6) is 0.0803. The first-order valence-electron chi connectivity index (χ1n) is 6.13. The maximum absolute atomic E-state index is 11.1. The second-order valence-electron chi connectivity index (χ2n) is 5.12. The molecule has 1 aliphatic rings. The van der Waals surface area contributed by atoms with Crippen LogP contribution in [0.15, 0.2) is 18.2 Å². The minimum atomic E-state index is -1.16. The van der Waals surface area contributed by atoms with Gasteiger partial charge in [0.05, 0.1) is 10.5 Å². The summed E-state index contributed by atoms with van der Waals surface area (Å²) in [6.45, 7) is 2.91. The lowest BCUT2D eigenvalue weighted by molar-refractivity contribution is -0.384. The topological polar surface area (TPSA) is 83.7 Å². The number of nitro benzene ring substituents is 1. The molecule has 0 saturated heterocycles. The molecule has 1 saturated carbocycles. The summed E-state index contributed by atoms with van der Waals surface area (Å²) in [6, 6.07) is 4.02. The molecule has 2 unspecified atom stereocenters. The van der Waals surface area contributed by atoms with Gasteiger partial charge >= 0.3 is 5.97 Å². The Morgan fingerprint density at radius 3 is 2.68 bits per heavy atom. The fourth-order valence-electron chi connectivity index (χ4n) is 2.23. The highest BCUT2D eigenvalue weighted by atomic mass is 16.6. The van der Waals surface area contributed by atoms with E-state index in [9.17, 15) is 14.9 Å². The van der Waals surface area contributed by atoms with Crippen LogP contribution in [0.3, 0.4) is 0 Å². The number of nitro groups is 1. The number of rotatable bonds is 5. The van der Waals surface area contributed by atoms with Crippen molar-refractivity contribution in [2.75, 3.05) is 18.5 Å². The normalized spacial score (nSPS) is 20.9. The number of carboxylic acids is 1. The van der Waals surface area contributed by atoms with Crippen LogP contribution in [0.2, 0.25) is 0 Å².